The normalized spacial score (nSPS) is 19.2. The molecule has 0 bridgehead atoms. The Morgan fingerprint density at radius 1 is 1.29 bits per heavy atom. The van der Waals surface area contributed by atoms with Crippen LogP contribution in [-0.2, 0) is 4.74 Å². The topological polar surface area (TPSA) is 59.1 Å². The molecule has 0 aromatic heterocycles. The molecule has 130 valence electrons. The van der Waals surface area contributed by atoms with Gasteiger partial charge in [-0.1, -0.05) is 0 Å². The molecule has 0 saturated carbocycles. The van der Waals surface area contributed by atoms with Gasteiger partial charge in [-0.2, -0.15) is 0 Å². The summed E-state index contributed by atoms with van der Waals surface area (Å²) in [6, 6.07) is 5.52. The Hall–Kier alpha value is -1.76. The molecule has 2 amide bonds. The maximum Gasteiger partial charge on any atom is 0.410 e. The Morgan fingerprint density at radius 3 is 2.67 bits per heavy atom. The molecule has 2 heterocycles. The summed E-state index contributed by atoms with van der Waals surface area (Å²) in [7, 11) is 1.60. The van der Waals surface area contributed by atoms with Crippen molar-refractivity contribution in [3.8, 4) is 5.75 Å². The van der Waals surface area contributed by atoms with Crippen molar-refractivity contribution >= 4 is 27.9 Å². The van der Waals surface area contributed by atoms with Gasteiger partial charge in [-0.15, -0.1) is 0 Å². The number of amides is 2. The molecule has 0 atom stereocenters. The van der Waals surface area contributed by atoms with E-state index in [-0.39, 0.29) is 18.0 Å². The molecule has 0 unspecified atom stereocenters. The van der Waals surface area contributed by atoms with Crippen molar-refractivity contribution in [1.82, 2.24) is 9.80 Å². The zero-order chi connectivity index (χ0) is 17.1. The van der Waals surface area contributed by atoms with Gasteiger partial charge in [0.2, 0.25) is 0 Å². The Kier molecular flexibility index (Phi) is 5.28. The Bertz CT molecular complexity index is 629. The number of methoxy groups -OCH3 is 1. The van der Waals surface area contributed by atoms with Crippen LogP contribution in [0.5, 0.6) is 5.75 Å². The third-order valence-electron chi connectivity index (χ3n) is 4.59. The SMILES string of the molecule is COc1ccc(C(=O)N2CCC(N3CCCOC3=O)CC2)cc1Br. The van der Waals surface area contributed by atoms with Gasteiger partial charge in [0.05, 0.1) is 18.2 Å². The van der Waals surface area contributed by atoms with Crippen LogP contribution in [0.25, 0.3) is 0 Å². The molecular weight excluding hydrogens is 376 g/mol. The van der Waals surface area contributed by atoms with Crippen LogP contribution in [0.4, 0.5) is 4.79 Å². The average molecular weight is 397 g/mol. The van der Waals surface area contributed by atoms with Crippen LogP contribution in [-0.4, -0.2) is 61.2 Å². The first-order valence-electron chi connectivity index (χ1n) is 8.16. The third kappa shape index (κ3) is 3.50. The smallest absolute Gasteiger partial charge is 0.410 e. The minimum Gasteiger partial charge on any atom is -0.496 e. The van der Waals surface area contributed by atoms with Gasteiger partial charge in [-0.05, 0) is 53.4 Å². The summed E-state index contributed by atoms with van der Waals surface area (Å²) < 4.78 is 11.1. The lowest BCUT2D eigenvalue weighted by molar-refractivity contribution is 0.0357. The number of rotatable bonds is 3. The van der Waals surface area contributed by atoms with Gasteiger partial charge >= 0.3 is 6.09 Å². The molecule has 1 aromatic rings. The highest BCUT2D eigenvalue weighted by atomic mass is 79.9. The van der Waals surface area contributed by atoms with Crippen LogP contribution in [0.2, 0.25) is 0 Å². The first-order chi connectivity index (χ1) is 11.6. The number of piperidine rings is 1. The number of benzene rings is 1. The van der Waals surface area contributed by atoms with E-state index < -0.39 is 0 Å². The van der Waals surface area contributed by atoms with E-state index in [2.05, 4.69) is 15.9 Å². The standard InChI is InChI=1S/C17H21BrN2O4/c1-23-15-4-3-12(11-14(15)18)16(21)19-8-5-13(6-9-19)20-7-2-10-24-17(20)22/h3-4,11,13H,2,5-10H2,1H3. The summed E-state index contributed by atoms with van der Waals surface area (Å²) in [5.41, 5.74) is 0.638. The predicted octanol–water partition coefficient (Wildman–Crippen LogP) is 2.90. The molecular formula is C17H21BrN2O4. The van der Waals surface area contributed by atoms with Crippen LogP contribution < -0.4 is 4.74 Å². The van der Waals surface area contributed by atoms with Crippen molar-refractivity contribution in [2.24, 2.45) is 0 Å². The van der Waals surface area contributed by atoms with E-state index in [0.717, 1.165) is 30.3 Å². The lowest BCUT2D eigenvalue weighted by atomic mass is 10.0. The Labute approximate surface area is 149 Å². The summed E-state index contributed by atoms with van der Waals surface area (Å²) in [6.07, 6.45) is 2.24. The number of halogens is 1. The number of hydrogen-bond donors (Lipinski definition) is 0. The lowest BCUT2D eigenvalue weighted by Crippen LogP contribution is -2.50. The van der Waals surface area contributed by atoms with Crippen molar-refractivity contribution in [1.29, 1.82) is 0 Å². The van der Waals surface area contributed by atoms with Gasteiger partial charge in [0.25, 0.3) is 5.91 Å². The molecule has 0 aliphatic carbocycles. The highest BCUT2D eigenvalue weighted by molar-refractivity contribution is 9.10. The first kappa shape index (κ1) is 17.1. The first-order valence-corrected chi connectivity index (χ1v) is 8.95. The number of ether oxygens (including phenoxy) is 2. The second kappa shape index (κ2) is 7.42. The summed E-state index contributed by atoms with van der Waals surface area (Å²) in [6.45, 7) is 2.57. The number of hydrogen-bond acceptors (Lipinski definition) is 4. The van der Waals surface area contributed by atoms with Crippen molar-refractivity contribution in [3.05, 3.63) is 28.2 Å². The number of nitrogens with zero attached hydrogens (tertiary/aromatic N) is 2. The van der Waals surface area contributed by atoms with Gasteiger partial charge in [-0.25, -0.2) is 4.79 Å². The molecule has 1 aromatic carbocycles. The van der Waals surface area contributed by atoms with Crippen LogP contribution in [0.3, 0.4) is 0 Å². The molecule has 0 radical (unpaired) electrons. The molecule has 3 rings (SSSR count). The van der Waals surface area contributed by atoms with Crippen LogP contribution >= 0.6 is 15.9 Å². The molecule has 0 N–H and O–H groups in total. The number of cyclic esters (lactones) is 1. The van der Waals surface area contributed by atoms with E-state index in [9.17, 15) is 9.59 Å². The molecule has 6 nitrogen and oxygen atoms in total. The summed E-state index contributed by atoms with van der Waals surface area (Å²) >= 11 is 3.41. The number of carbonyl (C=O) groups excluding carboxylic acids is 2. The Morgan fingerprint density at radius 2 is 2.04 bits per heavy atom. The van der Waals surface area contributed by atoms with E-state index in [4.69, 9.17) is 9.47 Å². The molecule has 2 aliphatic rings. The quantitative estimate of drug-likeness (QED) is 0.787. The maximum absolute atomic E-state index is 12.7. The predicted molar refractivity (Wildman–Crippen MR) is 92.3 cm³/mol. The van der Waals surface area contributed by atoms with E-state index in [1.165, 1.54) is 0 Å². The summed E-state index contributed by atoms with van der Waals surface area (Å²) in [5, 5.41) is 0. The van der Waals surface area contributed by atoms with Crippen LogP contribution in [0, 0.1) is 0 Å². The largest absolute Gasteiger partial charge is 0.496 e. The van der Waals surface area contributed by atoms with E-state index in [0.29, 0.717) is 31.0 Å². The average Bonchev–Trinajstić information content (AvgIpc) is 2.61. The number of carbonyl (C=O) groups is 2. The maximum atomic E-state index is 12.7. The molecule has 2 fully saturated rings. The van der Waals surface area contributed by atoms with Gasteiger partial charge in [-0.3, -0.25) is 4.79 Å². The van der Waals surface area contributed by atoms with Crippen molar-refractivity contribution in [2.45, 2.75) is 25.3 Å². The fraction of sp³-hybridized carbons (Fsp3) is 0.529. The van der Waals surface area contributed by atoms with Crippen LogP contribution in [0.1, 0.15) is 29.6 Å². The van der Waals surface area contributed by atoms with Gasteiger partial charge in [0, 0.05) is 31.2 Å². The van der Waals surface area contributed by atoms with E-state index >= 15 is 0 Å². The van der Waals surface area contributed by atoms with E-state index in [1.807, 2.05) is 9.80 Å². The molecule has 2 aliphatic heterocycles. The van der Waals surface area contributed by atoms with E-state index in [1.54, 1.807) is 25.3 Å². The van der Waals surface area contributed by atoms with Crippen molar-refractivity contribution in [2.75, 3.05) is 33.4 Å². The molecule has 24 heavy (non-hydrogen) atoms. The summed E-state index contributed by atoms with van der Waals surface area (Å²) in [4.78, 5) is 28.2. The minimum absolute atomic E-state index is 0.0121. The zero-order valence-corrected chi connectivity index (χ0v) is 15.3. The molecule has 0 spiro atoms. The highest BCUT2D eigenvalue weighted by Gasteiger charge is 2.32. The monoisotopic (exact) mass is 396 g/mol. The minimum atomic E-state index is -0.217. The fourth-order valence-corrected chi connectivity index (χ4v) is 3.80. The molecule has 7 heteroatoms. The van der Waals surface area contributed by atoms with Gasteiger partial charge in [0.15, 0.2) is 0 Å². The second-order valence-electron chi connectivity index (χ2n) is 6.03. The fourth-order valence-electron chi connectivity index (χ4n) is 3.26. The van der Waals surface area contributed by atoms with Gasteiger partial charge in [0.1, 0.15) is 5.75 Å². The zero-order valence-electron chi connectivity index (χ0n) is 13.7. The highest BCUT2D eigenvalue weighted by Crippen LogP contribution is 2.27. The van der Waals surface area contributed by atoms with Crippen molar-refractivity contribution in [3.63, 3.8) is 0 Å². The van der Waals surface area contributed by atoms with Crippen molar-refractivity contribution < 1.29 is 19.1 Å². The second-order valence-corrected chi connectivity index (χ2v) is 6.89. The molecule has 2 saturated heterocycles. The van der Waals surface area contributed by atoms with Gasteiger partial charge < -0.3 is 19.3 Å². The van der Waals surface area contributed by atoms with Crippen LogP contribution in [0.15, 0.2) is 22.7 Å². The number of likely N-dealkylation sites (tertiary alicyclic amines) is 1. The third-order valence-corrected chi connectivity index (χ3v) is 5.21. The Balaban J connectivity index is 1.60. The lowest BCUT2D eigenvalue weighted by Gasteiger charge is -2.39. The summed E-state index contributed by atoms with van der Waals surface area (Å²) in [5.74, 6) is 0.715.